The molecule has 30 heavy (non-hydrogen) atoms. The fourth-order valence-electron chi connectivity index (χ4n) is 4.15. The number of carbonyl (C=O) groups is 2. The summed E-state index contributed by atoms with van der Waals surface area (Å²) in [5.74, 6) is -0.127. The molecular weight excluding hydrogens is 378 g/mol. The van der Waals surface area contributed by atoms with Gasteiger partial charge in [0.05, 0.1) is 12.5 Å². The van der Waals surface area contributed by atoms with Crippen LogP contribution in [0.1, 0.15) is 24.8 Å². The maximum absolute atomic E-state index is 12.6. The average molecular weight is 408 g/mol. The lowest BCUT2D eigenvalue weighted by molar-refractivity contribution is -0.134. The normalized spacial score (nSPS) is 20.5. The molecule has 1 atom stereocenters. The number of hydrogen-bond acceptors (Lipinski definition) is 4. The lowest BCUT2D eigenvalue weighted by Gasteiger charge is -2.35. The minimum Gasteiger partial charge on any atom is -0.381 e. The topological polar surface area (TPSA) is 70.7 Å². The Kier molecular flexibility index (Phi) is 6.77. The van der Waals surface area contributed by atoms with E-state index in [2.05, 4.69) is 51.9 Å². The van der Waals surface area contributed by atoms with Gasteiger partial charge in [0.1, 0.15) is 0 Å². The molecule has 0 saturated carbocycles. The highest BCUT2D eigenvalue weighted by Crippen LogP contribution is 2.21. The highest BCUT2D eigenvalue weighted by Gasteiger charge is 2.32. The third kappa shape index (κ3) is 5.26. The molecule has 0 aliphatic carbocycles. The van der Waals surface area contributed by atoms with Crippen molar-refractivity contribution < 1.29 is 14.3 Å². The van der Waals surface area contributed by atoms with Gasteiger partial charge in [0.25, 0.3) is 0 Å². The molecule has 2 heterocycles. The van der Waals surface area contributed by atoms with Crippen LogP contribution in [0.25, 0.3) is 11.1 Å². The van der Waals surface area contributed by atoms with Crippen LogP contribution in [-0.2, 0) is 20.9 Å². The van der Waals surface area contributed by atoms with Gasteiger partial charge in [-0.25, -0.2) is 0 Å². The van der Waals surface area contributed by atoms with Crippen LogP contribution in [0.2, 0.25) is 0 Å². The Morgan fingerprint density at radius 3 is 2.47 bits per heavy atom. The zero-order valence-corrected chi connectivity index (χ0v) is 17.2. The molecule has 158 valence electrons. The molecule has 6 heteroatoms. The summed E-state index contributed by atoms with van der Waals surface area (Å²) in [5, 5.41) is 5.98. The first-order chi connectivity index (χ1) is 14.7. The molecular formula is C24H29N3O3. The zero-order chi connectivity index (χ0) is 20.8. The lowest BCUT2D eigenvalue weighted by Crippen LogP contribution is -2.56. The number of nitrogens with zero attached hydrogens (tertiary/aromatic N) is 1. The summed E-state index contributed by atoms with van der Waals surface area (Å²) < 4.78 is 5.34. The molecule has 2 saturated heterocycles. The van der Waals surface area contributed by atoms with Gasteiger partial charge in [-0.3, -0.25) is 14.5 Å². The van der Waals surface area contributed by atoms with Crippen LogP contribution in [0, 0.1) is 0 Å². The largest absolute Gasteiger partial charge is 0.381 e. The van der Waals surface area contributed by atoms with Crippen molar-refractivity contribution in [2.75, 3.05) is 26.3 Å². The maximum atomic E-state index is 12.6. The van der Waals surface area contributed by atoms with E-state index in [-0.39, 0.29) is 24.3 Å². The Bertz CT molecular complexity index is 848. The van der Waals surface area contributed by atoms with Crippen LogP contribution in [-0.4, -0.2) is 55.1 Å². The van der Waals surface area contributed by atoms with Gasteiger partial charge in [0.15, 0.2) is 0 Å². The van der Waals surface area contributed by atoms with E-state index in [0.717, 1.165) is 24.9 Å². The summed E-state index contributed by atoms with van der Waals surface area (Å²) >= 11 is 0. The predicted molar refractivity (Wildman–Crippen MR) is 116 cm³/mol. The van der Waals surface area contributed by atoms with E-state index < -0.39 is 6.04 Å². The molecule has 4 rings (SSSR count). The van der Waals surface area contributed by atoms with Crippen LogP contribution in [0.4, 0.5) is 0 Å². The van der Waals surface area contributed by atoms with Gasteiger partial charge in [-0.2, -0.15) is 0 Å². The van der Waals surface area contributed by atoms with Crippen LogP contribution < -0.4 is 10.6 Å². The molecule has 6 nitrogen and oxygen atoms in total. The Labute approximate surface area is 177 Å². The number of hydrogen-bond donors (Lipinski definition) is 2. The highest BCUT2D eigenvalue weighted by atomic mass is 16.5. The monoisotopic (exact) mass is 407 g/mol. The molecule has 0 unspecified atom stereocenters. The third-order valence-electron chi connectivity index (χ3n) is 5.85. The molecule has 0 spiro atoms. The molecule has 2 aromatic rings. The van der Waals surface area contributed by atoms with Gasteiger partial charge in [0, 0.05) is 38.9 Å². The Morgan fingerprint density at radius 2 is 1.73 bits per heavy atom. The summed E-state index contributed by atoms with van der Waals surface area (Å²) in [4.78, 5) is 27.2. The smallest absolute Gasteiger partial charge is 0.237 e. The van der Waals surface area contributed by atoms with Gasteiger partial charge in [-0.15, -0.1) is 0 Å². The second-order valence-corrected chi connectivity index (χ2v) is 8.00. The molecule has 2 aliphatic heterocycles. The van der Waals surface area contributed by atoms with Crippen molar-refractivity contribution in [2.45, 2.75) is 37.9 Å². The molecule has 2 aromatic carbocycles. The Morgan fingerprint density at radius 1 is 1.03 bits per heavy atom. The van der Waals surface area contributed by atoms with E-state index in [0.29, 0.717) is 26.3 Å². The molecule has 2 N–H and O–H groups in total. The number of rotatable bonds is 6. The number of carbonyl (C=O) groups excluding carboxylic acids is 2. The molecule has 2 aliphatic rings. The van der Waals surface area contributed by atoms with Crippen molar-refractivity contribution in [1.29, 1.82) is 0 Å². The standard InChI is InChI=1S/C24H29N3O3/c28-23(26-21-10-14-30-15-11-21)16-22-24(29)25-12-13-27(22)17-18-6-8-20(9-7-18)19-4-2-1-3-5-19/h1-9,21-22H,10-17H2,(H,25,29)(H,26,28)/t22-/m1/s1. The minimum atomic E-state index is -0.438. The molecule has 0 aromatic heterocycles. The van der Waals surface area contributed by atoms with Crippen LogP contribution in [0.5, 0.6) is 0 Å². The molecule has 2 fully saturated rings. The van der Waals surface area contributed by atoms with Gasteiger partial charge < -0.3 is 15.4 Å². The van der Waals surface area contributed by atoms with Crippen molar-refractivity contribution in [3.63, 3.8) is 0 Å². The van der Waals surface area contributed by atoms with E-state index in [1.54, 1.807) is 0 Å². The summed E-state index contributed by atoms with van der Waals surface area (Å²) in [5.41, 5.74) is 3.49. The molecule has 0 radical (unpaired) electrons. The first kappa shape index (κ1) is 20.6. The SMILES string of the molecule is O=C(C[C@@H]1C(=O)NCCN1Cc1ccc(-c2ccccc2)cc1)NC1CCOCC1. The summed E-state index contributed by atoms with van der Waals surface area (Å²) in [7, 11) is 0. The summed E-state index contributed by atoms with van der Waals surface area (Å²) in [6, 6.07) is 18.4. The second kappa shape index (κ2) is 9.87. The highest BCUT2D eigenvalue weighted by molar-refractivity contribution is 5.88. The van der Waals surface area contributed by atoms with Gasteiger partial charge in [0.2, 0.25) is 11.8 Å². The second-order valence-electron chi connectivity index (χ2n) is 8.00. The molecule has 0 bridgehead atoms. The minimum absolute atomic E-state index is 0.0617. The Hall–Kier alpha value is -2.70. The van der Waals surface area contributed by atoms with Crippen molar-refractivity contribution in [3.05, 3.63) is 60.2 Å². The zero-order valence-electron chi connectivity index (χ0n) is 17.2. The van der Waals surface area contributed by atoms with Crippen LogP contribution in [0.3, 0.4) is 0 Å². The molecule has 2 amide bonds. The summed E-state index contributed by atoms with van der Waals surface area (Å²) in [6.45, 7) is 3.36. The van der Waals surface area contributed by atoms with Gasteiger partial charge >= 0.3 is 0 Å². The average Bonchev–Trinajstić information content (AvgIpc) is 2.78. The van der Waals surface area contributed by atoms with Crippen molar-refractivity contribution >= 4 is 11.8 Å². The van der Waals surface area contributed by atoms with Crippen molar-refractivity contribution in [3.8, 4) is 11.1 Å². The van der Waals surface area contributed by atoms with Gasteiger partial charge in [-0.05, 0) is 29.5 Å². The number of nitrogens with one attached hydrogen (secondary N) is 2. The summed E-state index contributed by atoms with van der Waals surface area (Å²) in [6.07, 6.45) is 1.85. The number of piperazine rings is 1. The van der Waals surface area contributed by atoms with E-state index in [1.165, 1.54) is 11.1 Å². The number of amides is 2. The van der Waals surface area contributed by atoms with Crippen LogP contribution >= 0.6 is 0 Å². The maximum Gasteiger partial charge on any atom is 0.237 e. The number of benzene rings is 2. The van der Waals surface area contributed by atoms with E-state index >= 15 is 0 Å². The predicted octanol–water partition coefficient (Wildman–Crippen LogP) is 2.34. The van der Waals surface area contributed by atoms with Gasteiger partial charge in [-0.1, -0.05) is 54.6 Å². The Balaban J connectivity index is 1.38. The fraction of sp³-hybridized carbons (Fsp3) is 0.417. The lowest BCUT2D eigenvalue weighted by atomic mass is 10.0. The van der Waals surface area contributed by atoms with E-state index in [9.17, 15) is 9.59 Å². The van der Waals surface area contributed by atoms with E-state index in [4.69, 9.17) is 4.74 Å². The first-order valence-electron chi connectivity index (χ1n) is 10.7. The van der Waals surface area contributed by atoms with Crippen molar-refractivity contribution in [2.24, 2.45) is 0 Å². The quantitative estimate of drug-likeness (QED) is 0.771. The van der Waals surface area contributed by atoms with Crippen LogP contribution in [0.15, 0.2) is 54.6 Å². The van der Waals surface area contributed by atoms with Crippen molar-refractivity contribution in [1.82, 2.24) is 15.5 Å². The fourth-order valence-corrected chi connectivity index (χ4v) is 4.15. The first-order valence-corrected chi connectivity index (χ1v) is 10.7. The number of ether oxygens (including phenoxy) is 1. The van der Waals surface area contributed by atoms with E-state index in [1.807, 2.05) is 18.2 Å². The third-order valence-corrected chi connectivity index (χ3v) is 5.85.